The molecule has 1 aromatic rings. The molecule has 1 heterocycles. The van der Waals surface area contributed by atoms with Crippen LogP contribution in [0.5, 0.6) is 0 Å². The summed E-state index contributed by atoms with van der Waals surface area (Å²) < 4.78 is 5.27. The summed E-state index contributed by atoms with van der Waals surface area (Å²) in [5.41, 5.74) is 7.90. The standard InChI is InChI=1S/C15H23ClN2O/c1-19-11-13-3-2-6-18(9-13)10-14-5-4-12(8-17)7-15(14)16/h4-5,7,13H,2-3,6,8-11,17H2,1H3. The molecule has 3 nitrogen and oxygen atoms in total. The predicted octanol–water partition coefficient (Wildman–Crippen LogP) is 2.66. The molecule has 1 aromatic carbocycles. The molecule has 0 aromatic heterocycles. The van der Waals surface area contributed by atoms with Crippen LogP contribution in [0, 0.1) is 5.92 Å². The Hall–Kier alpha value is -0.610. The van der Waals surface area contributed by atoms with Crippen LogP contribution in [0.1, 0.15) is 24.0 Å². The highest BCUT2D eigenvalue weighted by molar-refractivity contribution is 6.31. The lowest BCUT2D eigenvalue weighted by molar-refractivity contribution is 0.0874. The zero-order chi connectivity index (χ0) is 13.7. The minimum absolute atomic E-state index is 0.541. The fourth-order valence-corrected chi connectivity index (χ4v) is 3.02. The van der Waals surface area contributed by atoms with Crippen LogP contribution in [-0.2, 0) is 17.8 Å². The lowest BCUT2D eigenvalue weighted by atomic mass is 9.98. The summed E-state index contributed by atoms with van der Waals surface area (Å²) in [5, 5.41) is 0.830. The second kappa shape index (κ2) is 7.25. The van der Waals surface area contributed by atoms with Crippen molar-refractivity contribution in [3.05, 3.63) is 34.3 Å². The summed E-state index contributed by atoms with van der Waals surface area (Å²) in [6.45, 7) is 4.57. The van der Waals surface area contributed by atoms with Gasteiger partial charge in [0.1, 0.15) is 0 Å². The molecule has 1 atom stereocenters. The van der Waals surface area contributed by atoms with Crippen LogP contribution in [0.25, 0.3) is 0 Å². The first-order valence-electron chi connectivity index (χ1n) is 6.91. The van der Waals surface area contributed by atoms with Gasteiger partial charge in [-0.15, -0.1) is 0 Å². The number of nitrogens with two attached hydrogens (primary N) is 1. The predicted molar refractivity (Wildman–Crippen MR) is 79.2 cm³/mol. The maximum Gasteiger partial charge on any atom is 0.0502 e. The first-order valence-corrected chi connectivity index (χ1v) is 7.29. The van der Waals surface area contributed by atoms with E-state index < -0.39 is 0 Å². The van der Waals surface area contributed by atoms with Gasteiger partial charge in [0.15, 0.2) is 0 Å². The van der Waals surface area contributed by atoms with Crippen molar-refractivity contribution in [2.45, 2.75) is 25.9 Å². The van der Waals surface area contributed by atoms with Gasteiger partial charge in [-0.25, -0.2) is 0 Å². The normalized spacial score (nSPS) is 20.7. The lowest BCUT2D eigenvalue weighted by Gasteiger charge is -2.32. The molecule has 1 fully saturated rings. The van der Waals surface area contributed by atoms with Crippen LogP contribution >= 0.6 is 11.6 Å². The number of rotatable bonds is 5. The van der Waals surface area contributed by atoms with Crippen LogP contribution in [0.15, 0.2) is 18.2 Å². The Morgan fingerprint density at radius 2 is 2.32 bits per heavy atom. The highest BCUT2D eigenvalue weighted by Gasteiger charge is 2.20. The number of piperidine rings is 1. The third kappa shape index (κ3) is 4.18. The van der Waals surface area contributed by atoms with E-state index in [-0.39, 0.29) is 0 Å². The van der Waals surface area contributed by atoms with Gasteiger partial charge in [-0.1, -0.05) is 23.7 Å². The molecule has 1 saturated heterocycles. The highest BCUT2D eigenvalue weighted by atomic mass is 35.5. The minimum atomic E-state index is 0.541. The smallest absolute Gasteiger partial charge is 0.0502 e. The van der Waals surface area contributed by atoms with Crippen LogP contribution in [-0.4, -0.2) is 31.7 Å². The Labute approximate surface area is 120 Å². The Bertz CT molecular complexity index is 409. The van der Waals surface area contributed by atoms with Gasteiger partial charge in [0.2, 0.25) is 0 Å². The maximum absolute atomic E-state index is 6.32. The van der Waals surface area contributed by atoms with E-state index in [1.807, 2.05) is 6.07 Å². The molecule has 19 heavy (non-hydrogen) atoms. The van der Waals surface area contributed by atoms with E-state index in [0.717, 1.165) is 36.8 Å². The second-order valence-electron chi connectivity index (χ2n) is 5.33. The van der Waals surface area contributed by atoms with Crippen molar-refractivity contribution in [2.24, 2.45) is 11.7 Å². The SMILES string of the molecule is COCC1CCCN(Cc2ccc(CN)cc2Cl)C1. The van der Waals surface area contributed by atoms with E-state index >= 15 is 0 Å². The van der Waals surface area contributed by atoms with Crippen LogP contribution in [0.2, 0.25) is 5.02 Å². The molecule has 0 saturated carbocycles. The van der Waals surface area contributed by atoms with Crippen molar-refractivity contribution in [3.63, 3.8) is 0 Å². The first-order chi connectivity index (χ1) is 9.22. The average Bonchev–Trinajstić information content (AvgIpc) is 2.42. The molecule has 106 valence electrons. The maximum atomic E-state index is 6.32. The number of hydrogen-bond acceptors (Lipinski definition) is 3. The topological polar surface area (TPSA) is 38.5 Å². The van der Waals surface area contributed by atoms with E-state index in [0.29, 0.717) is 12.5 Å². The number of benzene rings is 1. The fourth-order valence-electron chi connectivity index (χ4n) is 2.75. The molecule has 2 rings (SSSR count). The van der Waals surface area contributed by atoms with Crippen molar-refractivity contribution in [1.29, 1.82) is 0 Å². The Morgan fingerprint density at radius 1 is 1.47 bits per heavy atom. The Balaban J connectivity index is 1.96. The van der Waals surface area contributed by atoms with Crippen LogP contribution < -0.4 is 5.73 Å². The summed E-state index contributed by atoms with van der Waals surface area (Å²) in [5.74, 6) is 0.654. The molecule has 2 N–H and O–H groups in total. The van der Waals surface area contributed by atoms with Crippen molar-refractivity contribution in [2.75, 3.05) is 26.8 Å². The minimum Gasteiger partial charge on any atom is -0.384 e. The largest absolute Gasteiger partial charge is 0.384 e. The van der Waals surface area contributed by atoms with Crippen molar-refractivity contribution in [3.8, 4) is 0 Å². The number of halogens is 1. The van der Waals surface area contributed by atoms with Crippen LogP contribution in [0.4, 0.5) is 0 Å². The third-order valence-electron chi connectivity index (χ3n) is 3.75. The van der Waals surface area contributed by atoms with Gasteiger partial charge in [-0.05, 0) is 42.5 Å². The van der Waals surface area contributed by atoms with Gasteiger partial charge in [-0.3, -0.25) is 4.90 Å². The second-order valence-corrected chi connectivity index (χ2v) is 5.74. The van der Waals surface area contributed by atoms with Gasteiger partial charge in [-0.2, -0.15) is 0 Å². The zero-order valence-corrected chi connectivity index (χ0v) is 12.3. The molecule has 1 unspecified atom stereocenters. The zero-order valence-electron chi connectivity index (χ0n) is 11.6. The molecule has 4 heteroatoms. The summed E-state index contributed by atoms with van der Waals surface area (Å²) in [6, 6.07) is 6.15. The van der Waals surface area contributed by atoms with E-state index in [4.69, 9.17) is 22.1 Å². The Morgan fingerprint density at radius 3 is 3.00 bits per heavy atom. The van der Waals surface area contributed by atoms with Crippen molar-refractivity contribution >= 4 is 11.6 Å². The van der Waals surface area contributed by atoms with E-state index in [9.17, 15) is 0 Å². The average molecular weight is 283 g/mol. The van der Waals surface area contributed by atoms with Crippen molar-refractivity contribution in [1.82, 2.24) is 4.90 Å². The molecule has 0 bridgehead atoms. The van der Waals surface area contributed by atoms with Gasteiger partial charge >= 0.3 is 0 Å². The van der Waals surface area contributed by atoms with E-state index in [1.54, 1.807) is 7.11 Å². The fraction of sp³-hybridized carbons (Fsp3) is 0.600. The van der Waals surface area contributed by atoms with E-state index in [1.165, 1.54) is 18.4 Å². The first kappa shape index (κ1) is 14.8. The number of nitrogens with zero attached hydrogens (tertiary/aromatic N) is 1. The third-order valence-corrected chi connectivity index (χ3v) is 4.10. The van der Waals surface area contributed by atoms with Gasteiger partial charge < -0.3 is 10.5 Å². The summed E-state index contributed by atoms with van der Waals surface area (Å²) >= 11 is 6.32. The van der Waals surface area contributed by atoms with Gasteiger partial charge in [0.05, 0.1) is 6.61 Å². The highest BCUT2D eigenvalue weighted by Crippen LogP contribution is 2.23. The molecule has 0 aliphatic carbocycles. The van der Waals surface area contributed by atoms with Gasteiger partial charge in [0, 0.05) is 31.8 Å². The number of methoxy groups -OCH3 is 1. The lowest BCUT2D eigenvalue weighted by Crippen LogP contribution is -2.36. The Kier molecular flexibility index (Phi) is 5.64. The molecular formula is C15H23ClN2O. The summed E-state index contributed by atoms with van der Waals surface area (Å²) in [6.07, 6.45) is 2.51. The number of likely N-dealkylation sites (tertiary alicyclic amines) is 1. The molecular weight excluding hydrogens is 260 g/mol. The van der Waals surface area contributed by atoms with Crippen LogP contribution in [0.3, 0.4) is 0 Å². The molecule has 0 spiro atoms. The molecule has 0 amide bonds. The number of hydrogen-bond donors (Lipinski definition) is 1. The quantitative estimate of drug-likeness (QED) is 0.902. The molecule has 1 aliphatic rings. The summed E-state index contributed by atoms with van der Waals surface area (Å²) in [4.78, 5) is 2.47. The summed E-state index contributed by atoms with van der Waals surface area (Å²) in [7, 11) is 1.78. The number of ether oxygens (including phenoxy) is 1. The van der Waals surface area contributed by atoms with Crippen molar-refractivity contribution < 1.29 is 4.74 Å². The monoisotopic (exact) mass is 282 g/mol. The molecule has 0 radical (unpaired) electrons. The van der Waals surface area contributed by atoms with Gasteiger partial charge in [0.25, 0.3) is 0 Å². The molecule has 1 aliphatic heterocycles. The van der Waals surface area contributed by atoms with E-state index in [2.05, 4.69) is 17.0 Å².